The number of fused-ring (bicyclic) bond motifs is 1. The number of nitrogens with zero attached hydrogens (tertiary/aromatic N) is 1. The summed E-state index contributed by atoms with van der Waals surface area (Å²) in [5, 5.41) is 8.96. The Kier molecular flexibility index (Phi) is 3.70. The van der Waals surface area contributed by atoms with Crippen molar-refractivity contribution >= 4 is 11.9 Å². The number of hydrogen-bond donors (Lipinski definition) is 1. The van der Waals surface area contributed by atoms with E-state index in [-0.39, 0.29) is 5.91 Å². The second kappa shape index (κ2) is 5.15. The topological polar surface area (TPSA) is 66.8 Å². The largest absolute Gasteiger partial charge is 0.480 e. The molecule has 1 heterocycles. The molecule has 0 radical (unpaired) electrons. The fourth-order valence-corrected chi connectivity index (χ4v) is 2.23. The number of amides is 1. The normalized spacial score (nSPS) is 18.1. The number of likely N-dealkylation sites (N-methyl/N-ethyl adjacent to an activating group) is 1. The molecule has 0 saturated heterocycles. The van der Waals surface area contributed by atoms with Crippen molar-refractivity contribution in [3.63, 3.8) is 0 Å². The molecule has 0 saturated carbocycles. The minimum atomic E-state index is -1.02. The maximum atomic E-state index is 12.3. The van der Waals surface area contributed by atoms with Gasteiger partial charge in [0, 0.05) is 13.5 Å². The van der Waals surface area contributed by atoms with Crippen molar-refractivity contribution in [2.45, 2.75) is 39.3 Å². The molecule has 5 heteroatoms. The van der Waals surface area contributed by atoms with Crippen molar-refractivity contribution in [3.05, 3.63) is 28.8 Å². The molecule has 1 aliphatic rings. The van der Waals surface area contributed by atoms with E-state index in [1.54, 1.807) is 0 Å². The number of rotatable bonds is 3. The number of carboxylic acid groups (broad SMARTS) is 1. The number of carbonyl (C=O) groups excluding carboxylic acids is 1. The van der Waals surface area contributed by atoms with Crippen LogP contribution < -0.4 is 4.74 Å². The van der Waals surface area contributed by atoms with Crippen LogP contribution in [0.5, 0.6) is 5.75 Å². The van der Waals surface area contributed by atoms with Crippen molar-refractivity contribution in [2.75, 3.05) is 7.05 Å². The van der Waals surface area contributed by atoms with Gasteiger partial charge in [-0.1, -0.05) is 6.07 Å². The molecule has 1 amide bonds. The van der Waals surface area contributed by atoms with Crippen LogP contribution in [0.1, 0.15) is 23.6 Å². The van der Waals surface area contributed by atoms with Crippen molar-refractivity contribution in [1.29, 1.82) is 0 Å². The van der Waals surface area contributed by atoms with Gasteiger partial charge in [-0.3, -0.25) is 4.79 Å². The Morgan fingerprint density at radius 2 is 1.95 bits per heavy atom. The monoisotopic (exact) mass is 277 g/mol. The molecular weight excluding hydrogens is 258 g/mol. The second-order valence-corrected chi connectivity index (χ2v) is 5.32. The third-order valence-corrected chi connectivity index (χ3v) is 3.91. The number of carbonyl (C=O) groups is 2. The lowest BCUT2D eigenvalue weighted by Gasteiger charge is -2.24. The highest BCUT2D eigenvalue weighted by Crippen LogP contribution is 2.32. The zero-order chi connectivity index (χ0) is 15.0. The second-order valence-electron chi connectivity index (χ2n) is 5.32. The molecule has 0 aromatic heterocycles. The van der Waals surface area contributed by atoms with Crippen molar-refractivity contribution in [2.24, 2.45) is 0 Å². The number of ether oxygens (including phenoxy) is 1. The SMILES string of the molecule is Cc1cc2c(cc1C)OC(C(=O)N(C)C(C)C(=O)O)C2. The summed E-state index contributed by atoms with van der Waals surface area (Å²) in [5.41, 5.74) is 3.28. The van der Waals surface area contributed by atoms with E-state index in [9.17, 15) is 9.59 Å². The fourth-order valence-electron chi connectivity index (χ4n) is 2.23. The molecule has 20 heavy (non-hydrogen) atoms. The summed E-state index contributed by atoms with van der Waals surface area (Å²) in [6, 6.07) is 3.09. The number of aliphatic carboxylic acids is 1. The first kappa shape index (κ1) is 14.4. The molecule has 2 rings (SSSR count). The third kappa shape index (κ3) is 2.48. The lowest BCUT2D eigenvalue weighted by molar-refractivity contribution is -0.150. The Morgan fingerprint density at radius 1 is 1.35 bits per heavy atom. The van der Waals surface area contributed by atoms with E-state index in [1.807, 2.05) is 26.0 Å². The summed E-state index contributed by atoms with van der Waals surface area (Å²) in [5.74, 6) is -0.600. The van der Waals surface area contributed by atoms with Gasteiger partial charge in [0.05, 0.1) is 0 Å². The van der Waals surface area contributed by atoms with E-state index in [2.05, 4.69) is 0 Å². The van der Waals surface area contributed by atoms with Crippen LogP contribution in [-0.4, -0.2) is 41.1 Å². The Balaban J connectivity index is 2.14. The van der Waals surface area contributed by atoms with Crippen molar-refractivity contribution in [3.8, 4) is 5.75 Å². The molecule has 1 aromatic rings. The van der Waals surface area contributed by atoms with Crippen LogP contribution >= 0.6 is 0 Å². The molecular formula is C15H19NO4. The first-order chi connectivity index (χ1) is 9.31. The van der Waals surface area contributed by atoms with E-state index in [0.717, 1.165) is 22.4 Å². The lowest BCUT2D eigenvalue weighted by Crippen LogP contribution is -2.46. The number of aryl methyl sites for hydroxylation is 2. The first-order valence-electron chi connectivity index (χ1n) is 6.57. The average molecular weight is 277 g/mol. The molecule has 0 spiro atoms. The van der Waals surface area contributed by atoms with E-state index in [1.165, 1.54) is 18.9 Å². The molecule has 2 unspecified atom stereocenters. The number of benzene rings is 1. The van der Waals surface area contributed by atoms with Gasteiger partial charge in [-0.2, -0.15) is 0 Å². The zero-order valence-corrected chi connectivity index (χ0v) is 12.1. The quantitative estimate of drug-likeness (QED) is 0.910. The maximum Gasteiger partial charge on any atom is 0.326 e. The van der Waals surface area contributed by atoms with Crippen LogP contribution in [0.3, 0.4) is 0 Å². The summed E-state index contributed by atoms with van der Waals surface area (Å²) in [6.45, 7) is 5.49. The van der Waals surface area contributed by atoms with Crippen LogP contribution in [0, 0.1) is 13.8 Å². The van der Waals surface area contributed by atoms with Crippen LogP contribution in [0.4, 0.5) is 0 Å². The van der Waals surface area contributed by atoms with Crippen LogP contribution in [-0.2, 0) is 16.0 Å². The van der Waals surface area contributed by atoms with Crippen LogP contribution in [0.2, 0.25) is 0 Å². The summed E-state index contributed by atoms with van der Waals surface area (Å²) in [4.78, 5) is 24.4. The Morgan fingerprint density at radius 3 is 2.55 bits per heavy atom. The van der Waals surface area contributed by atoms with Gasteiger partial charge in [-0.25, -0.2) is 4.79 Å². The zero-order valence-electron chi connectivity index (χ0n) is 12.1. The summed E-state index contributed by atoms with van der Waals surface area (Å²) in [6.07, 6.45) is -0.135. The molecule has 1 aliphatic heterocycles. The van der Waals surface area contributed by atoms with Gasteiger partial charge in [0.25, 0.3) is 5.91 Å². The Bertz CT molecular complexity index is 536. The van der Waals surface area contributed by atoms with Gasteiger partial charge in [-0.05, 0) is 43.5 Å². The summed E-state index contributed by atoms with van der Waals surface area (Å²) in [7, 11) is 1.49. The van der Waals surface area contributed by atoms with Crippen molar-refractivity contribution in [1.82, 2.24) is 4.90 Å². The lowest BCUT2D eigenvalue weighted by atomic mass is 10.0. The molecule has 1 aromatic carbocycles. The molecule has 108 valence electrons. The predicted molar refractivity (Wildman–Crippen MR) is 73.9 cm³/mol. The minimum Gasteiger partial charge on any atom is -0.480 e. The molecule has 0 bridgehead atoms. The molecule has 5 nitrogen and oxygen atoms in total. The van der Waals surface area contributed by atoms with Gasteiger partial charge in [-0.15, -0.1) is 0 Å². The standard InChI is InChI=1S/C15H19NO4/c1-8-5-11-7-13(20-12(11)6-9(8)2)14(17)16(4)10(3)15(18)19/h5-6,10,13H,7H2,1-4H3,(H,18,19). The first-order valence-corrected chi connectivity index (χ1v) is 6.57. The molecule has 0 aliphatic carbocycles. The van der Waals surface area contributed by atoms with E-state index in [0.29, 0.717) is 6.42 Å². The van der Waals surface area contributed by atoms with Crippen LogP contribution in [0.15, 0.2) is 12.1 Å². The van der Waals surface area contributed by atoms with Crippen LogP contribution in [0.25, 0.3) is 0 Å². The van der Waals surface area contributed by atoms with Gasteiger partial charge in [0.1, 0.15) is 11.8 Å². The highest BCUT2D eigenvalue weighted by atomic mass is 16.5. The fraction of sp³-hybridized carbons (Fsp3) is 0.467. The van der Waals surface area contributed by atoms with Gasteiger partial charge >= 0.3 is 5.97 Å². The Hall–Kier alpha value is -2.04. The van der Waals surface area contributed by atoms with Gasteiger partial charge < -0.3 is 14.7 Å². The van der Waals surface area contributed by atoms with Crippen molar-refractivity contribution < 1.29 is 19.4 Å². The van der Waals surface area contributed by atoms with E-state index < -0.39 is 18.1 Å². The van der Waals surface area contributed by atoms with Gasteiger partial charge in [0.15, 0.2) is 6.10 Å². The number of carboxylic acids is 1. The highest BCUT2D eigenvalue weighted by Gasteiger charge is 2.34. The minimum absolute atomic E-state index is 0.300. The summed E-state index contributed by atoms with van der Waals surface area (Å²) >= 11 is 0. The third-order valence-electron chi connectivity index (χ3n) is 3.91. The maximum absolute atomic E-state index is 12.3. The number of hydrogen-bond acceptors (Lipinski definition) is 3. The highest BCUT2D eigenvalue weighted by molar-refractivity contribution is 5.87. The predicted octanol–water partition coefficient (Wildman–Crippen LogP) is 1.54. The van der Waals surface area contributed by atoms with E-state index in [4.69, 9.17) is 9.84 Å². The smallest absolute Gasteiger partial charge is 0.326 e. The van der Waals surface area contributed by atoms with E-state index >= 15 is 0 Å². The van der Waals surface area contributed by atoms with Gasteiger partial charge in [0.2, 0.25) is 0 Å². The molecule has 0 fully saturated rings. The molecule has 1 N–H and O–H groups in total. The summed E-state index contributed by atoms with van der Waals surface area (Å²) < 4.78 is 5.67. The Labute approximate surface area is 118 Å². The molecule has 2 atom stereocenters. The average Bonchev–Trinajstić information content (AvgIpc) is 2.79.